The number of aliphatic hydroxyl groups excluding tert-OH is 1. The largest absolute Gasteiger partial charge is 0.480 e. The van der Waals surface area contributed by atoms with Crippen molar-refractivity contribution < 1.29 is 34.8 Å². The maximum Gasteiger partial charge on any atom is 0.332 e. The molecule has 9 heteroatoms. The van der Waals surface area contributed by atoms with Gasteiger partial charge in [0, 0.05) is 13.1 Å². The van der Waals surface area contributed by atoms with Gasteiger partial charge in [-0.1, -0.05) is 0 Å². The average Bonchev–Trinajstić information content (AvgIpc) is 2.34. The van der Waals surface area contributed by atoms with Crippen molar-refractivity contribution in [3.8, 4) is 0 Å². The van der Waals surface area contributed by atoms with Crippen molar-refractivity contribution in [2.24, 2.45) is 0 Å². The van der Waals surface area contributed by atoms with Crippen LogP contribution in [-0.2, 0) is 14.4 Å². The number of aliphatic hydroxyl groups is 1. The van der Waals surface area contributed by atoms with Crippen LogP contribution in [0.5, 0.6) is 0 Å². The maximum absolute atomic E-state index is 11.1. The Bertz CT molecular complexity index is 401. The third-order valence-corrected chi connectivity index (χ3v) is 3.51. The number of rotatable bonds is 10. The van der Waals surface area contributed by atoms with Crippen molar-refractivity contribution in [2.75, 3.05) is 19.6 Å². The van der Waals surface area contributed by atoms with Gasteiger partial charge in [0.15, 0.2) is 6.10 Å². The number of nitrogens with one attached hydrogen (secondary N) is 1. The molecule has 0 aromatic carbocycles. The lowest BCUT2D eigenvalue weighted by molar-refractivity contribution is -0.148. The van der Waals surface area contributed by atoms with E-state index in [1.165, 1.54) is 0 Å². The van der Waals surface area contributed by atoms with Crippen molar-refractivity contribution >= 4 is 17.9 Å². The fourth-order valence-corrected chi connectivity index (χ4v) is 2.11. The molecule has 0 amide bonds. The summed E-state index contributed by atoms with van der Waals surface area (Å²) in [6.45, 7) is 1.01. The number of carboxylic acid groups (broad SMARTS) is 3. The van der Waals surface area contributed by atoms with E-state index < -0.39 is 36.1 Å². The molecule has 9 nitrogen and oxygen atoms in total. The van der Waals surface area contributed by atoms with Crippen LogP contribution in [0.1, 0.15) is 19.3 Å². The van der Waals surface area contributed by atoms with Gasteiger partial charge >= 0.3 is 17.9 Å². The summed E-state index contributed by atoms with van der Waals surface area (Å²) in [6.07, 6.45) is -0.854. The zero-order valence-electron chi connectivity index (χ0n) is 11.4. The van der Waals surface area contributed by atoms with E-state index in [0.717, 1.165) is 0 Å². The molecule has 0 bridgehead atoms. The molecule has 120 valence electrons. The quantitative estimate of drug-likeness (QED) is 0.322. The third-order valence-electron chi connectivity index (χ3n) is 3.51. The molecule has 1 fully saturated rings. The van der Waals surface area contributed by atoms with Crippen LogP contribution < -0.4 is 5.32 Å². The van der Waals surface area contributed by atoms with Gasteiger partial charge in [0.25, 0.3) is 0 Å². The molecular weight excluding hydrogens is 284 g/mol. The van der Waals surface area contributed by atoms with Gasteiger partial charge in [-0.2, -0.15) is 0 Å². The van der Waals surface area contributed by atoms with Gasteiger partial charge < -0.3 is 25.7 Å². The Morgan fingerprint density at radius 3 is 2.24 bits per heavy atom. The van der Waals surface area contributed by atoms with E-state index in [0.29, 0.717) is 19.5 Å². The van der Waals surface area contributed by atoms with Crippen molar-refractivity contribution in [3.63, 3.8) is 0 Å². The SMILES string of the molecule is O=C(O)[C@H]1CCN1CC[C@@H](NCC[C@H](O)C(=O)O)C(=O)O. The molecule has 0 aromatic heterocycles. The van der Waals surface area contributed by atoms with Crippen LogP contribution in [0.4, 0.5) is 0 Å². The Kier molecular flexibility index (Phi) is 6.53. The van der Waals surface area contributed by atoms with E-state index in [2.05, 4.69) is 5.32 Å². The van der Waals surface area contributed by atoms with Gasteiger partial charge in [0.2, 0.25) is 0 Å². The van der Waals surface area contributed by atoms with Crippen LogP contribution in [-0.4, -0.2) is 81.1 Å². The van der Waals surface area contributed by atoms with E-state index >= 15 is 0 Å². The fourth-order valence-electron chi connectivity index (χ4n) is 2.11. The molecule has 3 atom stereocenters. The van der Waals surface area contributed by atoms with Gasteiger partial charge in [-0.3, -0.25) is 14.5 Å². The molecule has 5 N–H and O–H groups in total. The molecule has 1 heterocycles. The number of likely N-dealkylation sites (tertiary alicyclic amines) is 1. The molecule has 0 spiro atoms. The number of hydrogen-bond acceptors (Lipinski definition) is 6. The molecule has 1 aliphatic rings. The molecule has 0 radical (unpaired) electrons. The maximum atomic E-state index is 11.1. The number of aliphatic carboxylic acids is 3. The lowest BCUT2D eigenvalue weighted by Gasteiger charge is -2.38. The molecule has 0 aromatic rings. The predicted molar refractivity (Wildman–Crippen MR) is 69.9 cm³/mol. The highest BCUT2D eigenvalue weighted by Gasteiger charge is 2.34. The van der Waals surface area contributed by atoms with Gasteiger partial charge in [-0.05, 0) is 25.8 Å². The summed E-state index contributed by atoms with van der Waals surface area (Å²) in [5.41, 5.74) is 0. The zero-order chi connectivity index (χ0) is 16.0. The fraction of sp³-hybridized carbons (Fsp3) is 0.750. The van der Waals surface area contributed by atoms with Gasteiger partial charge in [0.05, 0.1) is 0 Å². The Morgan fingerprint density at radius 2 is 1.81 bits per heavy atom. The molecule has 1 rings (SSSR count). The minimum absolute atomic E-state index is 0.0484. The smallest absolute Gasteiger partial charge is 0.332 e. The first-order chi connectivity index (χ1) is 9.82. The first kappa shape index (κ1) is 17.3. The van der Waals surface area contributed by atoms with E-state index in [1.807, 2.05) is 0 Å². The van der Waals surface area contributed by atoms with Crippen LogP contribution in [0, 0.1) is 0 Å². The molecule has 0 aliphatic carbocycles. The summed E-state index contributed by atoms with van der Waals surface area (Å²) in [5, 5.41) is 38.2. The standard InChI is InChI=1S/C12H20N2O7/c15-9(12(20)21)1-4-13-7(10(16)17)2-5-14-6-3-8(14)11(18)19/h7-9,13,15H,1-6H2,(H,16,17)(H,18,19)(H,20,21)/t7-,8-,9+/m1/s1. The second-order valence-electron chi connectivity index (χ2n) is 4.96. The van der Waals surface area contributed by atoms with Crippen LogP contribution in [0.25, 0.3) is 0 Å². The van der Waals surface area contributed by atoms with E-state index in [1.54, 1.807) is 4.90 Å². The highest BCUT2D eigenvalue weighted by molar-refractivity contribution is 5.75. The summed E-state index contributed by atoms with van der Waals surface area (Å²) >= 11 is 0. The normalized spacial score (nSPS) is 21.3. The predicted octanol–water partition coefficient (Wildman–Crippen LogP) is -1.59. The third kappa shape index (κ3) is 5.29. The highest BCUT2D eigenvalue weighted by Crippen LogP contribution is 2.17. The van der Waals surface area contributed by atoms with Gasteiger partial charge in [-0.25, -0.2) is 4.79 Å². The molecule has 0 unspecified atom stereocenters. The molecule has 0 saturated carbocycles. The summed E-state index contributed by atoms with van der Waals surface area (Å²) in [6, 6.07) is -1.45. The highest BCUT2D eigenvalue weighted by atomic mass is 16.4. The van der Waals surface area contributed by atoms with Crippen LogP contribution in [0.2, 0.25) is 0 Å². The summed E-state index contributed by atoms with van der Waals surface area (Å²) in [5.74, 6) is -3.36. The molecular formula is C12H20N2O7. The number of nitrogens with zero attached hydrogens (tertiary/aromatic N) is 1. The van der Waals surface area contributed by atoms with Crippen LogP contribution >= 0.6 is 0 Å². The Labute approximate surface area is 121 Å². The minimum atomic E-state index is -1.53. The van der Waals surface area contributed by atoms with Crippen LogP contribution in [0.15, 0.2) is 0 Å². The topological polar surface area (TPSA) is 147 Å². The van der Waals surface area contributed by atoms with Gasteiger partial charge in [-0.15, -0.1) is 0 Å². The van der Waals surface area contributed by atoms with E-state index in [9.17, 15) is 14.4 Å². The Balaban J connectivity index is 2.32. The summed E-state index contributed by atoms with van der Waals surface area (Å²) < 4.78 is 0. The molecule has 1 aliphatic heterocycles. The monoisotopic (exact) mass is 304 g/mol. The first-order valence-corrected chi connectivity index (χ1v) is 6.67. The summed E-state index contributed by atoms with van der Waals surface area (Å²) in [7, 11) is 0. The van der Waals surface area contributed by atoms with Crippen LogP contribution in [0.3, 0.4) is 0 Å². The first-order valence-electron chi connectivity index (χ1n) is 6.67. The molecule has 1 saturated heterocycles. The van der Waals surface area contributed by atoms with Crippen molar-refractivity contribution in [1.29, 1.82) is 0 Å². The number of carboxylic acids is 3. The molecule has 21 heavy (non-hydrogen) atoms. The minimum Gasteiger partial charge on any atom is -0.480 e. The van der Waals surface area contributed by atoms with Crippen molar-refractivity contribution in [3.05, 3.63) is 0 Å². The Hall–Kier alpha value is -1.71. The lowest BCUT2D eigenvalue weighted by atomic mass is 10.0. The zero-order valence-corrected chi connectivity index (χ0v) is 11.4. The number of carbonyl (C=O) groups is 3. The lowest BCUT2D eigenvalue weighted by Crippen LogP contribution is -2.54. The van der Waals surface area contributed by atoms with E-state index in [-0.39, 0.29) is 19.4 Å². The average molecular weight is 304 g/mol. The second kappa shape index (κ2) is 7.91. The van der Waals surface area contributed by atoms with Gasteiger partial charge in [0.1, 0.15) is 12.1 Å². The van der Waals surface area contributed by atoms with Crippen molar-refractivity contribution in [2.45, 2.75) is 37.5 Å². The number of hydrogen-bond donors (Lipinski definition) is 5. The second-order valence-corrected chi connectivity index (χ2v) is 4.96. The van der Waals surface area contributed by atoms with Crippen molar-refractivity contribution in [1.82, 2.24) is 10.2 Å². The Morgan fingerprint density at radius 1 is 1.14 bits per heavy atom. The van der Waals surface area contributed by atoms with E-state index in [4.69, 9.17) is 20.4 Å². The summed E-state index contributed by atoms with van der Waals surface area (Å²) in [4.78, 5) is 34.0.